The number of carboxylic acids is 1. The zero-order valence-electron chi connectivity index (χ0n) is 18.3. The number of rotatable bonds is 6. The zero-order valence-corrected chi connectivity index (χ0v) is 20.7. The van der Waals surface area contributed by atoms with Gasteiger partial charge < -0.3 is 19.5 Å². The Balaban J connectivity index is 1.33. The van der Waals surface area contributed by atoms with Crippen molar-refractivity contribution < 1.29 is 24.2 Å². The highest BCUT2D eigenvalue weighted by Gasteiger charge is 2.43. The van der Waals surface area contributed by atoms with E-state index in [4.69, 9.17) is 9.47 Å². The van der Waals surface area contributed by atoms with E-state index < -0.39 is 24.3 Å². The minimum atomic E-state index is -1.06. The monoisotopic (exact) mass is 542 g/mol. The SMILES string of the molecule is O=C(O)COC1(c2nc(Br)cs2)CCCN(C(=O)OCC2c3ccccc3-c3ccccc32)C1. The van der Waals surface area contributed by atoms with Crippen molar-refractivity contribution in [3.63, 3.8) is 0 Å². The fourth-order valence-corrected chi connectivity index (χ4v) is 6.31. The molecule has 1 unspecified atom stereocenters. The maximum absolute atomic E-state index is 13.1. The smallest absolute Gasteiger partial charge is 0.409 e. The van der Waals surface area contributed by atoms with Crippen LogP contribution in [0.4, 0.5) is 4.79 Å². The molecular formula is C25H23BrN2O5S. The molecular weight excluding hydrogens is 520 g/mol. The lowest BCUT2D eigenvalue weighted by molar-refractivity contribution is -0.155. The molecule has 0 radical (unpaired) electrons. The third kappa shape index (κ3) is 4.35. The van der Waals surface area contributed by atoms with Crippen LogP contribution in [0.2, 0.25) is 0 Å². The largest absolute Gasteiger partial charge is 0.480 e. The number of nitrogens with zero attached hydrogens (tertiary/aromatic N) is 2. The van der Waals surface area contributed by atoms with Crippen LogP contribution in [-0.2, 0) is 19.9 Å². The van der Waals surface area contributed by atoms with E-state index in [0.29, 0.717) is 29.0 Å². The van der Waals surface area contributed by atoms with Crippen molar-refractivity contribution in [3.05, 3.63) is 74.6 Å². The molecule has 1 N–H and O–H groups in total. The number of hydrogen-bond donors (Lipinski definition) is 1. The van der Waals surface area contributed by atoms with Crippen LogP contribution in [0.25, 0.3) is 11.1 Å². The lowest BCUT2D eigenvalue weighted by Crippen LogP contribution is -2.50. The number of halogens is 1. The Morgan fingerprint density at radius 1 is 1.15 bits per heavy atom. The number of carbonyl (C=O) groups excluding carboxylic acids is 1. The van der Waals surface area contributed by atoms with Crippen LogP contribution in [0, 0.1) is 0 Å². The summed E-state index contributed by atoms with van der Waals surface area (Å²) in [6.07, 6.45) is 0.800. The number of ether oxygens (including phenoxy) is 2. The molecule has 3 aromatic rings. The van der Waals surface area contributed by atoms with Crippen molar-refractivity contribution in [1.29, 1.82) is 0 Å². The second-order valence-electron chi connectivity index (χ2n) is 8.48. The van der Waals surface area contributed by atoms with Gasteiger partial charge in [-0.05, 0) is 51.0 Å². The number of carbonyl (C=O) groups is 2. The van der Waals surface area contributed by atoms with E-state index >= 15 is 0 Å². The number of carboxylic acid groups (broad SMARTS) is 1. The Bertz CT molecular complexity index is 1190. The molecule has 176 valence electrons. The topological polar surface area (TPSA) is 89.0 Å². The zero-order chi connectivity index (χ0) is 23.7. The molecule has 7 nitrogen and oxygen atoms in total. The molecule has 1 atom stereocenters. The van der Waals surface area contributed by atoms with E-state index in [9.17, 15) is 14.7 Å². The van der Waals surface area contributed by atoms with Crippen molar-refractivity contribution in [2.75, 3.05) is 26.3 Å². The predicted octanol–water partition coefficient (Wildman–Crippen LogP) is 5.25. The number of piperidine rings is 1. The van der Waals surface area contributed by atoms with Gasteiger partial charge in [-0.15, -0.1) is 11.3 Å². The lowest BCUT2D eigenvalue weighted by atomic mass is 9.93. The fourth-order valence-electron chi connectivity index (χ4n) is 4.88. The predicted molar refractivity (Wildman–Crippen MR) is 131 cm³/mol. The first kappa shape index (κ1) is 23.0. The molecule has 0 spiro atoms. The van der Waals surface area contributed by atoms with Crippen molar-refractivity contribution in [2.24, 2.45) is 0 Å². The van der Waals surface area contributed by atoms with E-state index in [-0.39, 0.29) is 19.1 Å². The van der Waals surface area contributed by atoms with Gasteiger partial charge in [0.05, 0.1) is 6.54 Å². The molecule has 0 bridgehead atoms. The van der Waals surface area contributed by atoms with Gasteiger partial charge in [-0.25, -0.2) is 14.6 Å². The number of benzene rings is 2. The van der Waals surface area contributed by atoms with Crippen LogP contribution in [-0.4, -0.2) is 53.4 Å². The Morgan fingerprint density at radius 3 is 2.44 bits per heavy atom. The van der Waals surface area contributed by atoms with E-state index in [2.05, 4.69) is 45.2 Å². The number of aliphatic carboxylic acids is 1. The van der Waals surface area contributed by atoms with Gasteiger partial charge in [0.25, 0.3) is 0 Å². The van der Waals surface area contributed by atoms with Crippen LogP contribution in [0.15, 0.2) is 58.5 Å². The molecule has 9 heteroatoms. The van der Waals surface area contributed by atoms with Gasteiger partial charge >= 0.3 is 12.1 Å². The molecule has 1 fully saturated rings. The van der Waals surface area contributed by atoms with Crippen LogP contribution < -0.4 is 0 Å². The van der Waals surface area contributed by atoms with Gasteiger partial charge in [-0.2, -0.15) is 0 Å². The number of hydrogen-bond acceptors (Lipinski definition) is 6. The second kappa shape index (κ2) is 9.48. The average molecular weight is 543 g/mol. The van der Waals surface area contributed by atoms with Crippen molar-refractivity contribution in [2.45, 2.75) is 24.4 Å². The highest BCUT2D eigenvalue weighted by molar-refractivity contribution is 9.10. The van der Waals surface area contributed by atoms with Gasteiger partial charge in [0.15, 0.2) is 0 Å². The summed E-state index contributed by atoms with van der Waals surface area (Å²) in [7, 11) is 0. The first-order chi connectivity index (χ1) is 16.5. The lowest BCUT2D eigenvalue weighted by Gasteiger charge is -2.40. The molecule has 2 aliphatic rings. The van der Waals surface area contributed by atoms with Crippen molar-refractivity contribution in [3.8, 4) is 11.1 Å². The minimum absolute atomic E-state index is 0.0240. The summed E-state index contributed by atoms with van der Waals surface area (Å²) in [5.74, 6) is -1.09. The maximum Gasteiger partial charge on any atom is 0.409 e. The van der Waals surface area contributed by atoms with Gasteiger partial charge in [0.2, 0.25) is 0 Å². The molecule has 1 amide bonds. The number of aromatic nitrogens is 1. The quantitative estimate of drug-likeness (QED) is 0.457. The van der Waals surface area contributed by atoms with Crippen LogP contribution in [0.1, 0.15) is 34.9 Å². The Kier molecular flexibility index (Phi) is 6.42. The Morgan fingerprint density at radius 2 is 1.82 bits per heavy atom. The third-order valence-corrected chi connectivity index (χ3v) is 8.12. The van der Waals surface area contributed by atoms with Gasteiger partial charge in [-0.3, -0.25) is 0 Å². The first-order valence-corrected chi connectivity index (χ1v) is 12.7. The van der Waals surface area contributed by atoms with Gasteiger partial charge in [0, 0.05) is 17.8 Å². The van der Waals surface area contributed by atoms with E-state index in [0.717, 1.165) is 11.1 Å². The van der Waals surface area contributed by atoms with Gasteiger partial charge in [0.1, 0.15) is 28.4 Å². The maximum atomic E-state index is 13.1. The molecule has 0 saturated carbocycles. The summed E-state index contributed by atoms with van der Waals surface area (Å²) in [4.78, 5) is 30.5. The molecule has 5 rings (SSSR count). The first-order valence-electron chi connectivity index (χ1n) is 11.0. The fraction of sp³-hybridized carbons (Fsp3) is 0.320. The standard InChI is InChI=1S/C25H23BrN2O5S/c26-21-14-34-23(27-21)25(33-13-22(29)30)10-5-11-28(15-25)24(31)32-12-20-18-8-3-1-6-16(18)17-7-2-4-9-19(17)20/h1-4,6-9,14,20H,5,10-13,15H2,(H,29,30). The molecule has 2 heterocycles. The summed E-state index contributed by atoms with van der Waals surface area (Å²) in [6, 6.07) is 16.4. The van der Waals surface area contributed by atoms with Crippen LogP contribution >= 0.6 is 27.3 Å². The second-order valence-corrected chi connectivity index (χ2v) is 10.2. The van der Waals surface area contributed by atoms with Crippen molar-refractivity contribution >= 4 is 39.3 Å². The van der Waals surface area contributed by atoms with E-state index in [1.807, 2.05) is 29.6 Å². The summed E-state index contributed by atoms with van der Waals surface area (Å²) in [5, 5.41) is 11.7. The normalized spacial score (nSPS) is 19.5. The molecule has 2 aromatic carbocycles. The van der Waals surface area contributed by atoms with Crippen LogP contribution in [0.5, 0.6) is 0 Å². The van der Waals surface area contributed by atoms with E-state index in [1.165, 1.54) is 22.5 Å². The molecule has 1 aliphatic heterocycles. The third-order valence-electron chi connectivity index (χ3n) is 6.39. The highest BCUT2D eigenvalue weighted by atomic mass is 79.9. The van der Waals surface area contributed by atoms with Crippen LogP contribution in [0.3, 0.4) is 0 Å². The van der Waals surface area contributed by atoms with E-state index in [1.54, 1.807) is 4.90 Å². The van der Waals surface area contributed by atoms with Crippen molar-refractivity contribution in [1.82, 2.24) is 9.88 Å². The number of likely N-dealkylation sites (tertiary alicyclic amines) is 1. The van der Waals surface area contributed by atoms with Gasteiger partial charge in [-0.1, -0.05) is 48.5 Å². The Hall–Kier alpha value is -2.75. The Labute approximate surface area is 209 Å². The molecule has 1 saturated heterocycles. The summed E-state index contributed by atoms with van der Waals surface area (Å²) in [5.41, 5.74) is 3.68. The molecule has 1 aliphatic carbocycles. The summed E-state index contributed by atoms with van der Waals surface area (Å²) >= 11 is 4.74. The summed E-state index contributed by atoms with van der Waals surface area (Å²) < 4.78 is 12.3. The number of thiazole rings is 1. The number of fused-ring (bicyclic) bond motifs is 3. The minimum Gasteiger partial charge on any atom is -0.480 e. The summed E-state index contributed by atoms with van der Waals surface area (Å²) in [6.45, 7) is 0.475. The highest BCUT2D eigenvalue weighted by Crippen LogP contribution is 2.45. The molecule has 34 heavy (non-hydrogen) atoms. The molecule has 1 aromatic heterocycles. The number of amides is 1. The average Bonchev–Trinajstić information content (AvgIpc) is 3.43.